The molecule has 1 saturated heterocycles. The molecular weight excluding hydrogens is 333 g/mol. The van der Waals surface area contributed by atoms with Gasteiger partial charge in [0, 0.05) is 25.8 Å². The second-order valence-corrected chi connectivity index (χ2v) is 7.55. The van der Waals surface area contributed by atoms with Crippen molar-refractivity contribution >= 4 is 15.8 Å². The summed E-state index contributed by atoms with van der Waals surface area (Å²) in [5.41, 5.74) is -3.72. The van der Waals surface area contributed by atoms with Crippen LogP contribution in [0, 0.1) is 19.8 Å². The summed E-state index contributed by atoms with van der Waals surface area (Å²) in [5, 5.41) is 3.14. The van der Waals surface area contributed by atoms with Gasteiger partial charge in [-0.15, -0.1) is 0 Å². The van der Waals surface area contributed by atoms with Crippen LogP contribution in [0.5, 0.6) is 0 Å². The molecule has 1 aromatic rings. The number of nitrogens with one attached hydrogen (secondary N) is 1. The van der Waals surface area contributed by atoms with Crippen LogP contribution in [0.2, 0.25) is 0 Å². The number of nitrogens with zero attached hydrogens (tertiary/aromatic N) is 3. The van der Waals surface area contributed by atoms with Gasteiger partial charge >= 0.3 is 15.5 Å². The summed E-state index contributed by atoms with van der Waals surface area (Å²) < 4.78 is 60.7. The molecule has 2 heterocycles. The summed E-state index contributed by atoms with van der Waals surface area (Å²) in [6, 6.07) is 0. The van der Waals surface area contributed by atoms with E-state index in [1.54, 1.807) is 6.20 Å². The molecule has 0 unspecified atom stereocenters. The maximum Gasteiger partial charge on any atom is 0.511 e. The van der Waals surface area contributed by atoms with Gasteiger partial charge < -0.3 is 5.32 Å². The van der Waals surface area contributed by atoms with E-state index in [4.69, 9.17) is 0 Å². The molecule has 0 aromatic carbocycles. The zero-order valence-electron chi connectivity index (χ0n) is 12.9. The number of alkyl halides is 3. The third-order valence-electron chi connectivity index (χ3n) is 3.84. The van der Waals surface area contributed by atoms with E-state index < -0.39 is 15.5 Å². The normalized spacial score (nSPS) is 18.1. The van der Waals surface area contributed by atoms with Crippen molar-refractivity contribution in [2.45, 2.75) is 32.2 Å². The fourth-order valence-corrected chi connectivity index (χ4v) is 3.43. The highest BCUT2D eigenvalue weighted by atomic mass is 32.2. The van der Waals surface area contributed by atoms with E-state index in [1.807, 2.05) is 13.8 Å². The van der Waals surface area contributed by atoms with Crippen LogP contribution in [0.1, 0.15) is 24.2 Å². The zero-order valence-corrected chi connectivity index (χ0v) is 13.7. The maximum absolute atomic E-state index is 12.5. The first-order valence-electron chi connectivity index (χ1n) is 7.22. The summed E-state index contributed by atoms with van der Waals surface area (Å²) >= 11 is 0. The molecule has 0 amide bonds. The number of hydrogen-bond donors (Lipinski definition) is 1. The lowest BCUT2D eigenvalue weighted by atomic mass is 9.98. The molecule has 0 radical (unpaired) electrons. The average Bonchev–Trinajstić information content (AvgIpc) is 2.47. The minimum atomic E-state index is -5.23. The molecule has 130 valence electrons. The number of halogens is 3. The van der Waals surface area contributed by atoms with Gasteiger partial charge in [0.2, 0.25) is 0 Å². The molecule has 1 fully saturated rings. The largest absolute Gasteiger partial charge is 0.511 e. The molecule has 0 saturated carbocycles. The van der Waals surface area contributed by atoms with Crippen molar-refractivity contribution in [2.24, 2.45) is 5.92 Å². The number of piperidine rings is 1. The standard InChI is InChI=1S/C13H19F3N4O2S/c1-9-7-17-10(2)12(19-9)18-8-11-3-5-20(6-4-11)23(21,22)13(14,15)16/h7,11H,3-6,8H2,1-2H3,(H,18,19). The number of aromatic nitrogens is 2. The van der Waals surface area contributed by atoms with Crippen LogP contribution in [0.15, 0.2) is 6.20 Å². The van der Waals surface area contributed by atoms with Gasteiger partial charge in [0.25, 0.3) is 0 Å². The smallest absolute Gasteiger partial charge is 0.368 e. The number of rotatable bonds is 4. The molecular formula is C13H19F3N4O2S. The second kappa shape index (κ2) is 6.60. The van der Waals surface area contributed by atoms with Crippen LogP contribution in [0.3, 0.4) is 0 Å². The van der Waals surface area contributed by atoms with Crippen LogP contribution >= 0.6 is 0 Å². The van der Waals surface area contributed by atoms with E-state index in [9.17, 15) is 21.6 Å². The van der Waals surface area contributed by atoms with Gasteiger partial charge in [-0.05, 0) is 32.6 Å². The van der Waals surface area contributed by atoms with Gasteiger partial charge in [-0.25, -0.2) is 13.4 Å². The number of sulfonamides is 1. The topological polar surface area (TPSA) is 75.2 Å². The predicted octanol–water partition coefficient (Wildman–Crippen LogP) is 2.07. The van der Waals surface area contributed by atoms with Crippen molar-refractivity contribution < 1.29 is 21.6 Å². The third kappa shape index (κ3) is 4.11. The van der Waals surface area contributed by atoms with Crippen molar-refractivity contribution in [3.05, 3.63) is 17.6 Å². The predicted molar refractivity (Wildman–Crippen MR) is 79.3 cm³/mol. The highest BCUT2D eigenvalue weighted by Crippen LogP contribution is 2.30. The molecule has 1 N–H and O–H groups in total. The maximum atomic E-state index is 12.5. The molecule has 1 aliphatic heterocycles. The lowest BCUT2D eigenvalue weighted by Gasteiger charge is -2.31. The Morgan fingerprint density at radius 2 is 1.91 bits per heavy atom. The Morgan fingerprint density at radius 1 is 1.30 bits per heavy atom. The van der Waals surface area contributed by atoms with E-state index >= 15 is 0 Å². The third-order valence-corrected chi connectivity index (χ3v) is 5.47. The lowest BCUT2D eigenvalue weighted by molar-refractivity contribution is -0.0496. The summed E-state index contributed by atoms with van der Waals surface area (Å²) in [4.78, 5) is 8.49. The fraction of sp³-hybridized carbons (Fsp3) is 0.692. The van der Waals surface area contributed by atoms with E-state index in [1.165, 1.54) is 0 Å². The van der Waals surface area contributed by atoms with Crippen molar-refractivity contribution in [3.63, 3.8) is 0 Å². The van der Waals surface area contributed by atoms with Crippen LogP contribution in [-0.2, 0) is 10.0 Å². The summed E-state index contributed by atoms with van der Waals surface area (Å²) in [7, 11) is -5.21. The molecule has 6 nitrogen and oxygen atoms in total. The first kappa shape index (κ1) is 17.9. The molecule has 0 atom stereocenters. The van der Waals surface area contributed by atoms with Gasteiger partial charge in [-0.1, -0.05) is 0 Å². The summed E-state index contributed by atoms with van der Waals surface area (Å²) in [6.45, 7) is 3.92. The minimum Gasteiger partial charge on any atom is -0.368 e. The van der Waals surface area contributed by atoms with Crippen molar-refractivity contribution in [3.8, 4) is 0 Å². The Balaban J connectivity index is 1.89. The van der Waals surface area contributed by atoms with Gasteiger partial charge in [0.15, 0.2) is 0 Å². The van der Waals surface area contributed by atoms with Gasteiger partial charge in [-0.2, -0.15) is 17.5 Å². The van der Waals surface area contributed by atoms with Crippen LogP contribution in [0.25, 0.3) is 0 Å². The van der Waals surface area contributed by atoms with E-state index in [0.29, 0.717) is 29.5 Å². The zero-order chi connectivity index (χ0) is 17.3. The van der Waals surface area contributed by atoms with Crippen LogP contribution < -0.4 is 5.32 Å². The van der Waals surface area contributed by atoms with E-state index in [0.717, 1.165) is 11.4 Å². The van der Waals surface area contributed by atoms with Crippen LogP contribution in [-0.4, -0.2) is 47.8 Å². The fourth-order valence-electron chi connectivity index (χ4n) is 2.45. The van der Waals surface area contributed by atoms with Gasteiger partial charge in [-0.3, -0.25) is 4.98 Å². The Bertz CT molecular complexity index is 656. The number of aryl methyl sites for hydroxylation is 2. The van der Waals surface area contributed by atoms with E-state index in [-0.39, 0.29) is 19.0 Å². The molecule has 2 rings (SSSR count). The monoisotopic (exact) mass is 352 g/mol. The van der Waals surface area contributed by atoms with Gasteiger partial charge in [0.05, 0.1) is 11.4 Å². The quantitative estimate of drug-likeness (QED) is 0.898. The minimum absolute atomic E-state index is 0.0939. The highest BCUT2D eigenvalue weighted by molar-refractivity contribution is 7.90. The molecule has 10 heteroatoms. The van der Waals surface area contributed by atoms with Crippen LogP contribution in [0.4, 0.5) is 19.0 Å². The number of anilines is 1. The first-order valence-corrected chi connectivity index (χ1v) is 8.66. The second-order valence-electron chi connectivity index (χ2n) is 5.62. The Kier molecular flexibility index (Phi) is 5.14. The Hall–Kier alpha value is -1.42. The molecule has 0 aliphatic carbocycles. The Morgan fingerprint density at radius 3 is 2.48 bits per heavy atom. The average molecular weight is 352 g/mol. The number of hydrogen-bond acceptors (Lipinski definition) is 5. The summed E-state index contributed by atoms with van der Waals surface area (Å²) in [5.74, 6) is 0.742. The molecule has 1 aromatic heterocycles. The molecule has 1 aliphatic rings. The highest BCUT2D eigenvalue weighted by Gasteiger charge is 2.50. The van der Waals surface area contributed by atoms with E-state index in [2.05, 4.69) is 15.3 Å². The lowest BCUT2D eigenvalue weighted by Crippen LogP contribution is -2.45. The molecule has 0 bridgehead atoms. The van der Waals surface area contributed by atoms with Crippen molar-refractivity contribution in [2.75, 3.05) is 25.0 Å². The molecule has 0 spiro atoms. The van der Waals surface area contributed by atoms with Crippen molar-refractivity contribution in [1.29, 1.82) is 0 Å². The first-order chi connectivity index (χ1) is 10.6. The van der Waals surface area contributed by atoms with Gasteiger partial charge in [0.1, 0.15) is 5.82 Å². The molecule has 23 heavy (non-hydrogen) atoms. The SMILES string of the molecule is Cc1cnc(C)c(NCC2CCN(S(=O)(=O)C(F)(F)F)CC2)n1. The summed E-state index contributed by atoms with van der Waals surface area (Å²) in [6.07, 6.45) is 2.40. The van der Waals surface area contributed by atoms with Crippen molar-refractivity contribution in [1.82, 2.24) is 14.3 Å². The Labute approximate surface area is 133 Å².